The quantitative estimate of drug-likeness (QED) is 0.460. The molecule has 0 aliphatic carbocycles. The topological polar surface area (TPSA) is 32.6 Å². The van der Waals surface area contributed by atoms with E-state index in [1.807, 2.05) is 6.07 Å². The van der Waals surface area contributed by atoms with E-state index in [1.165, 1.54) is 0 Å². The van der Waals surface area contributed by atoms with Crippen molar-refractivity contribution in [2.75, 3.05) is 0 Å². The summed E-state index contributed by atoms with van der Waals surface area (Å²) in [6.45, 7) is 1.74. The zero-order chi connectivity index (χ0) is 9.84. The molecule has 70 valence electrons. The molecule has 1 N–H and O–H groups in total. The highest BCUT2D eigenvalue weighted by atomic mass is 35.5. The Kier molecular flexibility index (Phi) is 3.58. The lowest BCUT2D eigenvalue weighted by Crippen LogP contribution is -1.96. The van der Waals surface area contributed by atoms with Gasteiger partial charge in [0, 0.05) is 6.42 Å². The minimum atomic E-state index is 0.518. The van der Waals surface area contributed by atoms with Crippen molar-refractivity contribution >= 4 is 28.9 Å². The normalized spacial score (nSPS) is 11.8. The van der Waals surface area contributed by atoms with E-state index in [2.05, 4.69) is 5.16 Å². The Hall–Kier alpha value is -0.730. The van der Waals surface area contributed by atoms with E-state index in [9.17, 15) is 0 Å². The number of nitrogens with zero attached hydrogens (tertiary/aromatic N) is 1. The van der Waals surface area contributed by atoms with Crippen LogP contribution in [-0.4, -0.2) is 10.9 Å². The molecule has 13 heavy (non-hydrogen) atoms. The van der Waals surface area contributed by atoms with Gasteiger partial charge in [-0.25, -0.2) is 0 Å². The molecule has 1 aromatic rings. The molecule has 0 spiro atoms. The van der Waals surface area contributed by atoms with Gasteiger partial charge in [0.1, 0.15) is 0 Å². The first-order chi connectivity index (χ1) is 6.13. The maximum absolute atomic E-state index is 8.45. The lowest BCUT2D eigenvalue weighted by atomic mass is 10.1. The molecule has 1 aromatic carbocycles. The molecule has 0 atom stereocenters. The number of rotatable bonds is 2. The molecule has 1 rings (SSSR count). The molecule has 0 aromatic heterocycles. The molecular formula is C9H9Cl2NO. The van der Waals surface area contributed by atoms with Crippen molar-refractivity contribution in [2.45, 2.75) is 13.3 Å². The van der Waals surface area contributed by atoms with E-state index in [4.69, 9.17) is 28.4 Å². The fourth-order valence-corrected chi connectivity index (χ4v) is 1.30. The average Bonchev–Trinajstić information content (AvgIpc) is 2.11. The monoisotopic (exact) mass is 217 g/mol. The third-order valence-corrected chi connectivity index (χ3v) is 2.35. The van der Waals surface area contributed by atoms with E-state index in [1.54, 1.807) is 19.1 Å². The summed E-state index contributed by atoms with van der Waals surface area (Å²) in [5.41, 5.74) is 1.61. The second kappa shape index (κ2) is 4.49. The van der Waals surface area contributed by atoms with Gasteiger partial charge in [0.25, 0.3) is 0 Å². The first kappa shape index (κ1) is 10.4. The van der Waals surface area contributed by atoms with E-state index in [0.717, 1.165) is 5.56 Å². The van der Waals surface area contributed by atoms with E-state index in [-0.39, 0.29) is 0 Å². The van der Waals surface area contributed by atoms with Crippen molar-refractivity contribution in [3.05, 3.63) is 33.8 Å². The first-order valence-electron chi connectivity index (χ1n) is 3.75. The van der Waals surface area contributed by atoms with Crippen molar-refractivity contribution in [3.63, 3.8) is 0 Å². The van der Waals surface area contributed by atoms with Crippen molar-refractivity contribution in [2.24, 2.45) is 5.16 Å². The fourth-order valence-electron chi connectivity index (χ4n) is 0.980. The van der Waals surface area contributed by atoms with Crippen LogP contribution in [0.4, 0.5) is 0 Å². The summed E-state index contributed by atoms with van der Waals surface area (Å²) in [6.07, 6.45) is 0.577. The second-order valence-corrected chi connectivity index (χ2v) is 3.57. The molecule has 0 bridgehead atoms. The van der Waals surface area contributed by atoms with Crippen LogP contribution in [0, 0.1) is 0 Å². The highest BCUT2D eigenvalue weighted by Gasteiger charge is 2.00. The van der Waals surface area contributed by atoms with Crippen LogP contribution in [0.3, 0.4) is 0 Å². The zero-order valence-electron chi connectivity index (χ0n) is 7.09. The Bertz CT molecular complexity index is 336. The predicted octanol–water partition coefficient (Wildman–Crippen LogP) is 3.39. The Morgan fingerprint density at radius 2 is 2.08 bits per heavy atom. The van der Waals surface area contributed by atoms with E-state index >= 15 is 0 Å². The van der Waals surface area contributed by atoms with Crippen LogP contribution in [-0.2, 0) is 6.42 Å². The van der Waals surface area contributed by atoms with Gasteiger partial charge in [-0.1, -0.05) is 34.4 Å². The smallest absolute Gasteiger partial charge is 0.0595 e. The second-order valence-electron chi connectivity index (χ2n) is 2.76. The summed E-state index contributed by atoms with van der Waals surface area (Å²) in [6, 6.07) is 5.34. The predicted molar refractivity (Wildman–Crippen MR) is 55.1 cm³/mol. The van der Waals surface area contributed by atoms with Gasteiger partial charge in [0.05, 0.1) is 15.8 Å². The van der Waals surface area contributed by atoms with Crippen LogP contribution in [0.25, 0.3) is 0 Å². The standard InChI is InChI=1S/C9H9Cl2NO/c1-6(12-13)4-7-2-3-8(10)9(11)5-7/h2-3,5,13H,4H2,1H3/b12-6+. The van der Waals surface area contributed by atoms with Crippen molar-refractivity contribution in [1.29, 1.82) is 0 Å². The van der Waals surface area contributed by atoms with Gasteiger partial charge in [-0.3, -0.25) is 0 Å². The Balaban J connectivity index is 2.86. The number of oxime groups is 1. The molecule has 2 nitrogen and oxygen atoms in total. The van der Waals surface area contributed by atoms with Crippen LogP contribution >= 0.6 is 23.2 Å². The zero-order valence-corrected chi connectivity index (χ0v) is 8.60. The minimum absolute atomic E-state index is 0.518. The van der Waals surface area contributed by atoms with Crippen LogP contribution in [0.15, 0.2) is 23.4 Å². The fraction of sp³-hybridized carbons (Fsp3) is 0.222. The molecule has 0 radical (unpaired) electrons. The summed E-state index contributed by atoms with van der Waals surface area (Å²) in [4.78, 5) is 0. The molecule has 0 aliphatic heterocycles. The molecule has 0 saturated carbocycles. The maximum atomic E-state index is 8.45. The number of hydrogen-bond donors (Lipinski definition) is 1. The number of halogens is 2. The van der Waals surface area contributed by atoms with Gasteiger partial charge < -0.3 is 5.21 Å². The van der Waals surface area contributed by atoms with Gasteiger partial charge in [0.2, 0.25) is 0 Å². The molecule has 0 aliphatic rings. The van der Waals surface area contributed by atoms with E-state index in [0.29, 0.717) is 22.2 Å². The van der Waals surface area contributed by atoms with Gasteiger partial charge in [0.15, 0.2) is 0 Å². The van der Waals surface area contributed by atoms with Gasteiger partial charge in [-0.15, -0.1) is 0 Å². The molecule has 0 saturated heterocycles. The van der Waals surface area contributed by atoms with Crippen LogP contribution in [0.5, 0.6) is 0 Å². The first-order valence-corrected chi connectivity index (χ1v) is 4.50. The lowest BCUT2D eigenvalue weighted by molar-refractivity contribution is 0.317. The number of hydrogen-bond acceptors (Lipinski definition) is 2. The molecule has 0 amide bonds. The average molecular weight is 218 g/mol. The minimum Gasteiger partial charge on any atom is -0.411 e. The summed E-state index contributed by atoms with van der Waals surface area (Å²) in [7, 11) is 0. The summed E-state index contributed by atoms with van der Waals surface area (Å²) in [5.74, 6) is 0. The summed E-state index contributed by atoms with van der Waals surface area (Å²) < 4.78 is 0. The third kappa shape index (κ3) is 2.90. The Labute approximate surface area is 86.8 Å². The maximum Gasteiger partial charge on any atom is 0.0595 e. The highest BCUT2D eigenvalue weighted by Crippen LogP contribution is 2.22. The Morgan fingerprint density at radius 3 is 2.62 bits per heavy atom. The van der Waals surface area contributed by atoms with Gasteiger partial charge in [-0.05, 0) is 24.6 Å². The van der Waals surface area contributed by atoms with Gasteiger partial charge >= 0.3 is 0 Å². The van der Waals surface area contributed by atoms with Crippen molar-refractivity contribution < 1.29 is 5.21 Å². The number of benzene rings is 1. The highest BCUT2D eigenvalue weighted by molar-refractivity contribution is 6.42. The molecule has 0 fully saturated rings. The van der Waals surface area contributed by atoms with Gasteiger partial charge in [-0.2, -0.15) is 0 Å². The SMILES string of the molecule is C/C(Cc1ccc(Cl)c(Cl)c1)=N\O. The van der Waals surface area contributed by atoms with Crippen LogP contribution in [0.2, 0.25) is 10.0 Å². The third-order valence-electron chi connectivity index (χ3n) is 1.61. The molecular weight excluding hydrogens is 209 g/mol. The van der Waals surface area contributed by atoms with E-state index < -0.39 is 0 Å². The van der Waals surface area contributed by atoms with Crippen LogP contribution < -0.4 is 0 Å². The molecule has 0 heterocycles. The van der Waals surface area contributed by atoms with Crippen LogP contribution in [0.1, 0.15) is 12.5 Å². The summed E-state index contributed by atoms with van der Waals surface area (Å²) in [5, 5.41) is 12.6. The molecule has 4 heteroatoms. The summed E-state index contributed by atoms with van der Waals surface area (Å²) >= 11 is 11.5. The van der Waals surface area contributed by atoms with Crippen molar-refractivity contribution in [3.8, 4) is 0 Å². The molecule has 0 unspecified atom stereocenters. The lowest BCUT2D eigenvalue weighted by Gasteiger charge is -2.01. The Morgan fingerprint density at radius 1 is 1.38 bits per heavy atom. The van der Waals surface area contributed by atoms with Crippen molar-refractivity contribution in [1.82, 2.24) is 0 Å². The largest absolute Gasteiger partial charge is 0.411 e.